The fraction of sp³-hybridized carbons (Fsp3) is 0.200. The van der Waals surface area contributed by atoms with Crippen molar-refractivity contribution in [3.05, 3.63) is 107 Å². The lowest BCUT2D eigenvalue weighted by Crippen LogP contribution is -2.29. The third-order valence-electron chi connectivity index (χ3n) is 5.78. The second-order valence-electron chi connectivity index (χ2n) is 7.55. The second kappa shape index (κ2) is 7.48. The van der Waals surface area contributed by atoms with Crippen LogP contribution < -0.4 is 5.32 Å². The van der Waals surface area contributed by atoms with Crippen molar-refractivity contribution in [1.82, 2.24) is 0 Å². The summed E-state index contributed by atoms with van der Waals surface area (Å²) in [5.41, 5.74) is 4.93. The average molecular weight is 388 g/mol. The molecule has 0 fully saturated rings. The molecule has 3 atom stereocenters. The summed E-state index contributed by atoms with van der Waals surface area (Å²) in [6, 6.07) is 24.5. The fourth-order valence-corrected chi connectivity index (χ4v) is 5.31. The molecular formula is C25H22FNS. The van der Waals surface area contributed by atoms with Crippen LogP contribution in [-0.4, -0.2) is 0 Å². The molecule has 28 heavy (non-hydrogen) atoms. The molecule has 5 rings (SSSR count). The first-order valence-electron chi connectivity index (χ1n) is 9.77. The number of hydrogen-bond donors (Lipinski definition) is 1. The van der Waals surface area contributed by atoms with Crippen LogP contribution in [0.2, 0.25) is 0 Å². The number of halogens is 1. The normalized spacial score (nSPS) is 22.4. The highest BCUT2D eigenvalue weighted by atomic mass is 32.2. The molecule has 2 aliphatic rings. The molecule has 0 bridgehead atoms. The van der Waals surface area contributed by atoms with Crippen LogP contribution in [0.1, 0.15) is 35.1 Å². The van der Waals surface area contributed by atoms with E-state index in [0.717, 1.165) is 17.7 Å². The van der Waals surface area contributed by atoms with Crippen LogP contribution in [0.4, 0.5) is 10.1 Å². The molecule has 0 unspecified atom stereocenters. The molecule has 0 spiro atoms. The van der Waals surface area contributed by atoms with Crippen molar-refractivity contribution < 1.29 is 4.39 Å². The first kappa shape index (κ1) is 17.6. The van der Waals surface area contributed by atoms with Gasteiger partial charge in [-0.05, 0) is 59.4 Å². The summed E-state index contributed by atoms with van der Waals surface area (Å²) in [7, 11) is 0. The minimum Gasteiger partial charge on any atom is -0.378 e. The van der Waals surface area contributed by atoms with Crippen molar-refractivity contribution >= 4 is 17.4 Å². The molecular weight excluding hydrogens is 365 g/mol. The first-order chi connectivity index (χ1) is 13.8. The van der Waals surface area contributed by atoms with Gasteiger partial charge in [0, 0.05) is 22.3 Å². The zero-order chi connectivity index (χ0) is 18.9. The van der Waals surface area contributed by atoms with Gasteiger partial charge in [-0.2, -0.15) is 0 Å². The van der Waals surface area contributed by atoms with Gasteiger partial charge in [-0.15, -0.1) is 11.8 Å². The monoisotopic (exact) mass is 387 g/mol. The standard InChI is InChI=1S/C25H22FNS/c26-19-7-4-6-18(15-19)25-22-11-5-10-21(22)23-14-17(12-13-24(23)27-25)16-28-20-8-2-1-3-9-20/h1-10,12-15,21-22,25,27H,11,16H2/t21-,22+,25-/m0/s1. The third-order valence-corrected chi connectivity index (χ3v) is 6.87. The van der Waals surface area contributed by atoms with Gasteiger partial charge in [-0.25, -0.2) is 4.39 Å². The van der Waals surface area contributed by atoms with Gasteiger partial charge >= 0.3 is 0 Å². The van der Waals surface area contributed by atoms with E-state index in [-0.39, 0.29) is 11.9 Å². The quantitative estimate of drug-likeness (QED) is 0.384. The smallest absolute Gasteiger partial charge is 0.123 e. The van der Waals surface area contributed by atoms with Gasteiger partial charge in [-0.1, -0.05) is 54.6 Å². The Bertz CT molecular complexity index is 1010. The Morgan fingerprint density at radius 1 is 0.964 bits per heavy atom. The Hall–Kier alpha value is -2.52. The number of benzene rings is 3. The zero-order valence-corrected chi connectivity index (χ0v) is 16.3. The summed E-state index contributed by atoms with van der Waals surface area (Å²) in [4.78, 5) is 1.29. The number of rotatable bonds is 4. The Morgan fingerprint density at radius 2 is 1.86 bits per heavy atom. The first-order valence-corrected chi connectivity index (χ1v) is 10.8. The lowest BCUT2D eigenvalue weighted by Gasteiger charge is -2.37. The molecule has 1 N–H and O–H groups in total. The van der Waals surface area contributed by atoms with Crippen LogP contribution in [0.25, 0.3) is 0 Å². The number of anilines is 1. The van der Waals surface area contributed by atoms with Crippen LogP contribution in [0, 0.1) is 11.7 Å². The maximum Gasteiger partial charge on any atom is 0.123 e. The Labute approximate surface area is 169 Å². The largest absolute Gasteiger partial charge is 0.378 e. The van der Waals surface area contributed by atoms with Crippen LogP contribution in [0.5, 0.6) is 0 Å². The third kappa shape index (κ3) is 3.35. The van der Waals surface area contributed by atoms with Crippen molar-refractivity contribution in [1.29, 1.82) is 0 Å². The number of fused-ring (bicyclic) bond motifs is 3. The number of nitrogens with one attached hydrogen (secondary N) is 1. The summed E-state index contributed by atoms with van der Waals surface area (Å²) in [6.45, 7) is 0. The average Bonchev–Trinajstić information content (AvgIpc) is 3.23. The Balaban J connectivity index is 1.42. The summed E-state index contributed by atoms with van der Waals surface area (Å²) >= 11 is 1.87. The molecule has 1 heterocycles. The van der Waals surface area contributed by atoms with Gasteiger partial charge < -0.3 is 5.32 Å². The molecule has 1 nitrogen and oxygen atoms in total. The van der Waals surface area contributed by atoms with E-state index in [1.807, 2.05) is 23.9 Å². The van der Waals surface area contributed by atoms with Gasteiger partial charge in [0.1, 0.15) is 5.82 Å². The van der Waals surface area contributed by atoms with Gasteiger partial charge in [0.25, 0.3) is 0 Å². The topological polar surface area (TPSA) is 12.0 Å². The van der Waals surface area contributed by atoms with E-state index >= 15 is 0 Å². The number of thioether (sulfide) groups is 1. The Morgan fingerprint density at radius 3 is 2.71 bits per heavy atom. The van der Waals surface area contributed by atoms with Crippen molar-refractivity contribution in [3.8, 4) is 0 Å². The van der Waals surface area contributed by atoms with Gasteiger partial charge in [0.2, 0.25) is 0 Å². The van der Waals surface area contributed by atoms with Gasteiger partial charge in [0.05, 0.1) is 6.04 Å². The summed E-state index contributed by atoms with van der Waals surface area (Å²) in [5, 5.41) is 3.70. The van der Waals surface area contributed by atoms with Gasteiger partial charge in [0.15, 0.2) is 0 Å². The summed E-state index contributed by atoms with van der Waals surface area (Å²) in [5.74, 6) is 1.63. The van der Waals surface area contributed by atoms with Crippen LogP contribution >= 0.6 is 11.8 Å². The molecule has 140 valence electrons. The van der Waals surface area contributed by atoms with Gasteiger partial charge in [-0.3, -0.25) is 0 Å². The summed E-state index contributed by atoms with van der Waals surface area (Å²) in [6.07, 6.45) is 5.65. The predicted molar refractivity (Wildman–Crippen MR) is 115 cm³/mol. The molecule has 1 aliphatic carbocycles. The molecule has 1 aliphatic heterocycles. The van der Waals surface area contributed by atoms with E-state index in [1.165, 1.54) is 27.8 Å². The predicted octanol–water partition coefficient (Wildman–Crippen LogP) is 6.94. The highest BCUT2D eigenvalue weighted by Crippen LogP contribution is 2.50. The maximum atomic E-state index is 13.8. The number of hydrogen-bond acceptors (Lipinski definition) is 2. The van der Waals surface area contributed by atoms with Crippen molar-refractivity contribution in [2.24, 2.45) is 5.92 Å². The maximum absolute atomic E-state index is 13.8. The molecule has 0 saturated heterocycles. The molecule has 3 heteroatoms. The van der Waals surface area contributed by atoms with E-state index in [2.05, 4.69) is 66.0 Å². The molecule has 3 aromatic carbocycles. The second-order valence-corrected chi connectivity index (χ2v) is 8.60. The fourth-order valence-electron chi connectivity index (χ4n) is 4.45. The van der Waals surface area contributed by atoms with E-state index in [0.29, 0.717) is 11.8 Å². The minimum atomic E-state index is -0.166. The summed E-state index contributed by atoms with van der Waals surface area (Å²) < 4.78 is 13.8. The van der Waals surface area contributed by atoms with Crippen LogP contribution in [0.15, 0.2) is 89.8 Å². The van der Waals surface area contributed by atoms with E-state index in [1.54, 1.807) is 6.07 Å². The Kier molecular flexibility index (Phi) is 4.69. The highest BCUT2D eigenvalue weighted by Gasteiger charge is 2.37. The zero-order valence-electron chi connectivity index (χ0n) is 15.5. The lowest BCUT2D eigenvalue weighted by molar-refractivity contribution is 0.424. The number of allylic oxidation sites excluding steroid dienone is 2. The highest BCUT2D eigenvalue weighted by molar-refractivity contribution is 7.98. The molecule has 0 saturated carbocycles. The van der Waals surface area contributed by atoms with E-state index < -0.39 is 0 Å². The van der Waals surface area contributed by atoms with E-state index in [9.17, 15) is 4.39 Å². The minimum absolute atomic E-state index is 0.146. The van der Waals surface area contributed by atoms with Crippen molar-refractivity contribution in [3.63, 3.8) is 0 Å². The molecule has 0 amide bonds. The molecule has 3 aromatic rings. The van der Waals surface area contributed by atoms with E-state index in [4.69, 9.17) is 0 Å². The SMILES string of the molecule is Fc1cccc([C@@H]2Nc3ccc(CSc4ccccc4)cc3[C@H]3C=CC[C@H]32)c1. The van der Waals surface area contributed by atoms with Crippen molar-refractivity contribution in [2.75, 3.05) is 5.32 Å². The van der Waals surface area contributed by atoms with Crippen molar-refractivity contribution in [2.45, 2.75) is 29.0 Å². The lowest BCUT2D eigenvalue weighted by atomic mass is 9.76. The van der Waals surface area contributed by atoms with Crippen LogP contribution in [0.3, 0.4) is 0 Å². The molecule has 0 radical (unpaired) electrons. The van der Waals surface area contributed by atoms with Crippen LogP contribution in [-0.2, 0) is 5.75 Å². The molecule has 0 aromatic heterocycles.